The van der Waals surface area contributed by atoms with Gasteiger partial charge in [-0.05, 0) is 57.4 Å². The largest absolute Gasteiger partial charge is 0.493 e. The summed E-state index contributed by atoms with van der Waals surface area (Å²) in [4.78, 5) is 15.8. The number of rotatable bonds is 5. The van der Waals surface area contributed by atoms with Crippen molar-refractivity contribution >= 4 is 49.8 Å². The van der Waals surface area contributed by atoms with Crippen LogP contribution in [0.1, 0.15) is 18.1 Å². The molecule has 1 heterocycles. The van der Waals surface area contributed by atoms with Crippen molar-refractivity contribution < 1.29 is 19.0 Å². The number of esters is 1. The molecule has 2 aromatic rings. The lowest BCUT2D eigenvalue weighted by Crippen LogP contribution is -2.00. The molecule has 7 heteroatoms. The van der Waals surface area contributed by atoms with E-state index < -0.39 is 5.97 Å². The normalized spacial score (nSPS) is 15.0. The molecule has 0 saturated carbocycles. The first-order valence-electron chi connectivity index (χ1n) is 7.70. The third-order valence-corrected chi connectivity index (χ3v) is 4.70. The van der Waals surface area contributed by atoms with Gasteiger partial charge in [0.1, 0.15) is 6.61 Å². The van der Waals surface area contributed by atoms with E-state index in [1.807, 2.05) is 30.3 Å². The summed E-state index contributed by atoms with van der Waals surface area (Å²) in [6.07, 6.45) is 1.64. The third kappa shape index (κ3) is 4.34. The van der Waals surface area contributed by atoms with Gasteiger partial charge in [0.25, 0.3) is 0 Å². The summed E-state index contributed by atoms with van der Waals surface area (Å²) in [7, 11) is 1.57. The fourth-order valence-corrected chi connectivity index (χ4v) is 3.21. The molecule has 0 N–H and O–H groups in total. The second kappa shape index (κ2) is 8.05. The zero-order valence-corrected chi connectivity index (χ0v) is 17.3. The Bertz CT molecular complexity index is 905. The minimum absolute atomic E-state index is 0.250. The molecule has 0 aromatic heterocycles. The Labute approximate surface area is 167 Å². The Morgan fingerprint density at radius 2 is 1.92 bits per heavy atom. The molecule has 0 spiro atoms. The number of ether oxygens (including phenoxy) is 3. The number of halogens is 2. The maximum absolute atomic E-state index is 11.7. The van der Waals surface area contributed by atoms with Crippen LogP contribution < -0.4 is 9.47 Å². The standard InChI is InChI=1S/C19H15Br2NO4/c1-11-22-16(19(23)26-11)8-13-7-15(21)18(17(9-13)24-2)25-10-12-3-5-14(20)6-4-12/h3-9H,10H2,1-2H3/b16-8+. The summed E-state index contributed by atoms with van der Waals surface area (Å²) in [6, 6.07) is 11.5. The van der Waals surface area contributed by atoms with E-state index in [4.69, 9.17) is 14.2 Å². The predicted molar refractivity (Wildman–Crippen MR) is 106 cm³/mol. The number of cyclic esters (lactones) is 1. The van der Waals surface area contributed by atoms with Crippen molar-refractivity contribution in [3.8, 4) is 11.5 Å². The molecule has 1 aliphatic rings. The van der Waals surface area contributed by atoms with Gasteiger partial charge in [0.15, 0.2) is 23.1 Å². The molecule has 26 heavy (non-hydrogen) atoms. The van der Waals surface area contributed by atoms with Gasteiger partial charge in [-0.3, -0.25) is 0 Å². The van der Waals surface area contributed by atoms with Gasteiger partial charge in [-0.1, -0.05) is 28.1 Å². The monoisotopic (exact) mass is 479 g/mol. The van der Waals surface area contributed by atoms with E-state index >= 15 is 0 Å². The molecular weight excluding hydrogens is 466 g/mol. The fourth-order valence-electron chi connectivity index (χ4n) is 2.37. The van der Waals surface area contributed by atoms with Crippen molar-refractivity contribution in [3.63, 3.8) is 0 Å². The summed E-state index contributed by atoms with van der Waals surface area (Å²) in [5.74, 6) is 1.01. The van der Waals surface area contributed by atoms with Crippen LogP contribution in [0.3, 0.4) is 0 Å². The maximum Gasteiger partial charge on any atom is 0.363 e. The van der Waals surface area contributed by atoms with Gasteiger partial charge >= 0.3 is 5.97 Å². The molecule has 0 fully saturated rings. The number of hydrogen-bond donors (Lipinski definition) is 0. The highest BCUT2D eigenvalue weighted by molar-refractivity contribution is 9.10. The smallest absolute Gasteiger partial charge is 0.363 e. The van der Waals surface area contributed by atoms with Crippen LogP contribution in [0.25, 0.3) is 6.08 Å². The third-order valence-electron chi connectivity index (χ3n) is 3.58. The van der Waals surface area contributed by atoms with E-state index in [0.717, 1.165) is 15.6 Å². The van der Waals surface area contributed by atoms with Crippen molar-refractivity contribution in [1.29, 1.82) is 0 Å². The van der Waals surface area contributed by atoms with E-state index in [1.165, 1.54) is 0 Å². The molecule has 0 aliphatic carbocycles. The number of carbonyl (C=O) groups is 1. The first kappa shape index (κ1) is 18.7. The predicted octanol–water partition coefficient (Wildman–Crippen LogP) is 5.12. The van der Waals surface area contributed by atoms with Gasteiger partial charge in [-0.25, -0.2) is 9.79 Å². The highest BCUT2D eigenvalue weighted by atomic mass is 79.9. The van der Waals surface area contributed by atoms with Crippen molar-refractivity contribution in [1.82, 2.24) is 0 Å². The van der Waals surface area contributed by atoms with Gasteiger partial charge in [-0.2, -0.15) is 0 Å². The quantitative estimate of drug-likeness (QED) is 0.440. The second-order valence-electron chi connectivity index (χ2n) is 5.50. The first-order chi connectivity index (χ1) is 12.5. The lowest BCUT2D eigenvalue weighted by Gasteiger charge is -2.14. The Kier molecular flexibility index (Phi) is 5.78. The van der Waals surface area contributed by atoms with Crippen LogP contribution in [0.5, 0.6) is 11.5 Å². The van der Waals surface area contributed by atoms with E-state index in [9.17, 15) is 4.79 Å². The van der Waals surface area contributed by atoms with E-state index in [2.05, 4.69) is 36.9 Å². The van der Waals surface area contributed by atoms with E-state index in [-0.39, 0.29) is 5.70 Å². The van der Waals surface area contributed by atoms with E-state index in [0.29, 0.717) is 28.5 Å². The number of methoxy groups -OCH3 is 1. The highest BCUT2D eigenvalue weighted by Gasteiger charge is 2.20. The second-order valence-corrected chi connectivity index (χ2v) is 7.27. The van der Waals surface area contributed by atoms with Gasteiger partial charge in [0.05, 0.1) is 11.6 Å². The average Bonchev–Trinajstić information content (AvgIpc) is 2.92. The van der Waals surface area contributed by atoms with Crippen LogP contribution in [0.15, 0.2) is 56.0 Å². The van der Waals surface area contributed by atoms with Gasteiger partial charge in [0.2, 0.25) is 0 Å². The van der Waals surface area contributed by atoms with Gasteiger partial charge in [0, 0.05) is 11.4 Å². The topological polar surface area (TPSA) is 57.1 Å². The zero-order valence-electron chi connectivity index (χ0n) is 14.1. The number of aliphatic imine (C=N–C) groups is 1. The fraction of sp³-hybridized carbons (Fsp3) is 0.158. The first-order valence-corrected chi connectivity index (χ1v) is 9.29. The summed E-state index contributed by atoms with van der Waals surface area (Å²) in [5, 5.41) is 0. The molecule has 2 aromatic carbocycles. The summed E-state index contributed by atoms with van der Waals surface area (Å²) in [5.41, 5.74) is 2.03. The molecule has 3 rings (SSSR count). The van der Waals surface area contributed by atoms with Crippen LogP contribution in [-0.2, 0) is 16.1 Å². The number of nitrogens with zero attached hydrogens (tertiary/aromatic N) is 1. The van der Waals surface area contributed by atoms with Gasteiger partial charge < -0.3 is 14.2 Å². The average molecular weight is 481 g/mol. The Balaban J connectivity index is 1.84. The molecular formula is C19H15Br2NO4. The van der Waals surface area contributed by atoms with Crippen LogP contribution in [0.4, 0.5) is 0 Å². The molecule has 1 aliphatic heterocycles. The van der Waals surface area contributed by atoms with Crippen LogP contribution in [0, 0.1) is 0 Å². The SMILES string of the molecule is COc1cc(/C=C2/N=C(C)OC2=O)cc(Br)c1OCc1ccc(Br)cc1. The van der Waals surface area contributed by atoms with E-state index in [1.54, 1.807) is 26.2 Å². The van der Waals surface area contributed by atoms with Crippen molar-refractivity contribution in [3.05, 3.63) is 62.2 Å². The Hall–Kier alpha value is -2.12. The maximum atomic E-state index is 11.7. The molecule has 5 nitrogen and oxygen atoms in total. The summed E-state index contributed by atoms with van der Waals surface area (Å²) >= 11 is 6.92. The number of carbonyl (C=O) groups excluding carboxylic acids is 1. The van der Waals surface area contributed by atoms with Crippen molar-refractivity contribution in [2.45, 2.75) is 13.5 Å². The highest BCUT2D eigenvalue weighted by Crippen LogP contribution is 2.38. The molecule has 0 radical (unpaired) electrons. The zero-order chi connectivity index (χ0) is 18.7. The molecule has 0 saturated heterocycles. The molecule has 0 amide bonds. The summed E-state index contributed by atoms with van der Waals surface area (Å²) in [6.45, 7) is 2.03. The van der Waals surface area contributed by atoms with Crippen molar-refractivity contribution in [2.24, 2.45) is 4.99 Å². The number of benzene rings is 2. The molecule has 134 valence electrons. The lowest BCUT2D eigenvalue weighted by atomic mass is 10.1. The Morgan fingerprint density at radius 1 is 1.19 bits per heavy atom. The number of hydrogen-bond acceptors (Lipinski definition) is 5. The minimum atomic E-state index is -0.465. The van der Waals surface area contributed by atoms with Crippen LogP contribution in [-0.4, -0.2) is 19.0 Å². The molecule has 0 bridgehead atoms. The van der Waals surface area contributed by atoms with Crippen molar-refractivity contribution in [2.75, 3.05) is 7.11 Å². The van der Waals surface area contributed by atoms with Crippen LogP contribution >= 0.6 is 31.9 Å². The van der Waals surface area contributed by atoms with Gasteiger partial charge in [-0.15, -0.1) is 0 Å². The van der Waals surface area contributed by atoms with Crippen LogP contribution in [0.2, 0.25) is 0 Å². The minimum Gasteiger partial charge on any atom is -0.493 e. The molecule has 0 unspecified atom stereocenters. The lowest BCUT2D eigenvalue weighted by molar-refractivity contribution is -0.130. The Morgan fingerprint density at radius 3 is 2.54 bits per heavy atom. The molecule has 0 atom stereocenters. The summed E-state index contributed by atoms with van der Waals surface area (Å²) < 4.78 is 18.0.